The molecule has 0 amide bonds. The average Bonchev–Trinajstić information content (AvgIpc) is 2.93. The predicted octanol–water partition coefficient (Wildman–Crippen LogP) is 1.24. The number of nitrogens with zero attached hydrogens (tertiary/aromatic N) is 1. The quantitative estimate of drug-likeness (QED) is 0.700. The van der Waals surface area contributed by atoms with Gasteiger partial charge in [0, 0.05) is 19.1 Å². The van der Waals surface area contributed by atoms with Gasteiger partial charge in [0.25, 0.3) is 0 Å². The van der Waals surface area contributed by atoms with Gasteiger partial charge in [0.1, 0.15) is 0 Å². The minimum atomic E-state index is -0.252. The summed E-state index contributed by atoms with van der Waals surface area (Å²) in [4.78, 5) is 2.30. The highest BCUT2D eigenvalue weighted by atomic mass is 16.3. The fourth-order valence-electron chi connectivity index (χ4n) is 1.77. The van der Waals surface area contributed by atoms with Crippen LogP contribution in [0.3, 0.4) is 0 Å². The van der Waals surface area contributed by atoms with E-state index in [1.165, 1.54) is 12.8 Å². The lowest BCUT2D eigenvalue weighted by Gasteiger charge is -2.29. The Labute approximate surface area is 93.1 Å². The number of aliphatic hydroxyl groups is 2. The van der Waals surface area contributed by atoms with Crippen molar-refractivity contribution in [3.05, 3.63) is 0 Å². The molecule has 0 radical (unpaired) electrons. The molecule has 0 aromatic carbocycles. The Bertz CT molecular complexity index is 185. The summed E-state index contributed by atoms with van der Waals surface area (Å²) in [5.41, 5.74) is -0.0333. The fourth-order valence-corrected chi connectivity index (χ4v) is 1.77. The van der Waals surface area contributed by atoms with Crippen LogP contribution in [0.25, 0.3) is 0 Å². The highest BCUT2D eigenvalue weighted by Gasteiger charge is 2.30. The lowest BCUT2D eigenvalue weighted by molar-refractivity contribution is 0.0428. The van der Waals surface area contributed by atoms with E-state index in [-0.39, 0.29) is 18.1 Å². The van der Waals surface area contributed by atoms with E-state index < -0.39 is 0 Å². The summed E-state index contributed by atoms with van der Waals surface area (Å²) in [7, 11) is 0. The van der Waals surface area contributed by atoms with E-state index in [1.54, 1.807) is 0 Å². The molecule has 3 nitrogen and oxygen atoms in total. The van der Waals surface area contributed by atoms with Gasteiger partial charge in [-0.1, -0.05) is 20.8 Å². The van der Waals surface area contributed by atoms with Gasteiger partial charge in [0.2, 0.25) is 0 Å². The van der Waals surface area contributed by atoms with E-state index in [0.29, 0.717) is 6.04 Å². The molecule has 0 heterocycles. The molecule has 0 aromatic rings. The highest BCUT2D eigenvalue weighted by Crippen LogP contribution is 2.28. The molecule has 0 bridgehead atoms. The zero-order chi connectivity index (χ0) is 11.5. The third-order valence-corrected chi connectivity index (χ3v) is 3.14. The molecule has 1 saturated carbocycles. The van der Waals surface area contributed by atoms with Crippen LogP contribution in [0, 0.1) is 5.41 Å². The molecule has 1 atom stereocenters. The molecule has 15 heavy (non-hydrogen) atoms. The normalized spacial score (nSPS) is 19.6. The summed E-state index contributed by atoms with van der Waals surface area (Å²) in [5, 5.41) is 18.9. The average molecular weight is 215 g/mol. The van der Waals surface area contributed by atoms with Crippen LogP contribution >= 0.6 is 0 Å². The van der Waals surface area contributed by atoms with Gasteiger partial charge in [-0.05, 0) is 24.7 Å². The maximum absolute atomic E-state index is 9.92. The smallest absolute Gasteiger partial charge is 0.0600 e. The first-order valence-electron chi connectivity index (χ1n) is 5.98. The van der Waals surface area contributed by atoms with E-state index in [1.807, 2.05) is 0 Å². The van der Waals surface area contributed by atoms with Gasteiger partial charge in [-0.3, -0.25) is 4.90 Å². The molecule has 1 aliphatic carbocycles. The molecule has 2 N–H and O–H groups in total. The Balaban J connectivity index is 2.26. The second kappa shape index (κ2) is 5.28. The van der Waals surface area contributed by atoms with Crippen molar-refractivity contribution in [1.29, 1.82) is 0 Å². The highest BCUT2D eigenvalue weighted by molar-refractivity contribution is 4.85. The van der Waals surface area contributed by atoms with Crippen molar-refractivity contribution in [2.45, 2.75) is 52.2 Å². The lowest BCUT2D eigenvalue weighted by Crippen LogP contribution is -2.35. The van der Waals surface area contributed by atoms with Gasteiger partial charge in [-0.25, -0.2) is 0 Å². The van der Waals surface area contributed by atoms with Crippen molar-refractivity contribution in [3.8, 4) is 0 Å². The zero-order valence-corrected chi connectivity index (χ0v) is 10.2. The van der Waals surface area contributed by atoms with Crippen molar-refractivity contribution in [1.82, 2.24) is 4.90 Å². The summed E-state index contributed by atoms with van der Waals surface area (Å²) in [6, 6.07) is 0.671. The van der Waals surface area contributed by atoms with Gasteiger partial charge >= 0.3 is 0 Å². The lowest BCUT2D eigenvalue weighted by atomic mass is 9.87. The van der Waals surface area contributed by atoms with E-state index in [9.17, 15) is 5.11 Å². The van der Waals surface area contributed by atoms with Crippen molar-refractivity contribution in [3.63, 3.8) is 0 Å². The van der Waals surface area contributed by atoms with Gasteiger partial charge in [-0.2, -0.15) is 0 Å². The Hall–Kier alpha value is -0.120. The molecular formula is C12H25NO2. The van der Waals surface area contributed by atoms with Crippen molar-refractivity contribution in [2.75, 3.05) is 19.7 Å². The summed E-state index contributed by atoms with van der Waals surface area (Å²) >= 11 is 0. The van der Waals surface area contributed by atoms with Crippen LogP contribution in [0.5, 0.6) is 0 Å². The summed E-state index contributed by atoms with van der Waals surface area (Å²) < 4.78 is 0. The first-order chi connectivity index (χ1) is 6.95. The van der Waals surface area contributed by atoms with Crippen LogP contribution in [-0.2, 0) is 0 Å². The third kappa shape index (κ3) is 4.49. The van der Waals surface area contributed by atoms with Crippen LogP contribution in [0.4, 0.5) is 0 Å². The van der Waals surface area contributed by atoms with E-state index in [0.717, 1.165) is 19.5 Å². The minimum absolute atomic E-state index is 0.0333. The first kappa shape index (κ1) is 12.9. The summed E-state index contributed by atoms with van der Waals surface area (Å²) in [5.74, 6) is 0. The van der Waals surface area contributed by atoms with E-state index >= 15 is 0 Å². The maximum Gasteiger partial charge on any atom is 0.0600 e. The zero-order valence-electron chi connectivity index (χ0n) is 10.2. The van der Waals surface area contributed by atoms with Crippen LogP contribution in [0.15, 0.2) is 0 Å². The van der Waals surface area contributed by atoms with E-state index in [4.69, 9.17) is 5.11 Å². The number of hydrogen-bond donors (Lipinski definition) is 2. The molecular weight excluding hydrogens is 190 g/mol. The second-order valence-electron chi connectivity index (χ2n) is 5.66. The number of hydrogen-bond acceptors (Lipinski definition) is 3. The molecule has 1 unspecified atom stereocenters. The number of rotatable bonds is 6. The molecule has 1 aliphatic rings. The first-order valence-corrected chi connectivity index (χ1v) is 5.98. The van der Waals surface area contributed by atoms with Crippen LogP contribution < -0.4 is 0 Å². The Kier molecular flexibility index (Phi) is 4.56. The summed E-state index contributed by atoms with van der Waals surface area (Å²) in [6.07, 6.45) is 3.06. The van der Waals surface area contributed by atoms with Crippen molar-refractivity contribution >= 4 is 0 Å². The fraction of sp³-hybridized carbons (Fsp3) is 1.00. The topological polar surface area (TPSA) is 43.7 Å². The van der Waals surface area contributed by atoms with Gasteiger partial charge in [0.15, 0.2) is 0 Å². The SMILES string of the molecule is CC(C)(C)C(O)CCN(CCO)C1CC1. The molecule has 1 fully saturated rings. The second-order valence-corrected chi connectivity index (χ2v) is 5.66. The standard InChI is InChI=1S/C12H25NO2/c1-12(2,3)11(15)6-7-13(8-9-14)10-4-5-10/h10-11,14-15H,4-9H2,1-3H3. The maximum atomic E-state index is 9.92. The molecule has 0 aromatic heterocycles. The summed E-state index contributed by atoms with van der Waals surface area (Å²) in [6.45, 7) is 8.06. The Morgan fingerprint density at radius 3 is 2.27 bits per heavy atom. The Morgan fingerprint density at radius 1 is 1.27 bits per heavy atom. The molecule has 0 aliphatic heterocycles. The predicted molar refractivity (Wildman–Crippen MR) is 61.8 cm³/mol. The van der Waals surface area contributed by atoms with Crippen LogP contribution in [-0.4, -0.2) is 47.0 Å². The van der Waals surface area contributed by atoms with Crippen molar-refractivity contribution in [2.24, 2.45) is 5.41 Å². The Morgan fingerprint density at radius 2 is 1.87 bits per heavy atom. The molecule has 1 rings (SSSR count). The minimum Gasteiger partial charge on any atom is -0.395 e. The van der Waals surface area contributed by atoms with Gasteiger partial charge in [-0.15, -0.1) is 0 Å². The third-order valence-electron chi connectivity index (χ3n) is 3.14. The van der Waals surface area contributed by atoms with Gasteiger partial charge < -0.3 is 10.2 Å². The van der Waals surface area contributed by atoms with Crippen LogP contribution in [0.2, 0.25) is 0 Å². The largest absolute Gasteiger partial charge is 0.395 e. The van der Waals surface area contributed by atoms with Gasteiger partial charge in [0.05, 0.1) is 12.7 Å². The molecule has 0 saturated heterocycles. The molecule has 90 valence electrons. The molecule has 0 spiro atoms. The monoisotopic (exact) mass is 215 g/mol. The van der Waals surface area contributed by atoms with Crippen LogP contribution in [0.1, 0.15) is 40.0 Å². The molecule has 3 heteroatoms. The number of aliphatic hydroxyl groups excluding tert-OH is 2. The van der Waals surface area contributed by atoms with Crippen molar-refractivity contribution < 1.29 is 10.2 Å². The van der Waals surface area contributed by atoms with E-state index in [2.05, 4.69) is 25.7 Å².